The van der Waals surface area contributed by atoms with Crippen molar-refractivity contribution in [1.82, 2.24) is 10.3 Å². The van der Waals surface area contributed by atoms with Crippen molar-refractivity contribution in [3.63, 3.8) is 0 Å². The molecule has 2 aromatic rings. The summed E-state index contributed by atoms with van der Waals surface area (Å²) in [7, 11) is 1.97. The Morgan fingerprint density at radius 1 is 1.32 bits per heavy atom. The Bertz CT molecular complexity index is 534. The highest BCUT2D eigenvalue weighted by molar-refractivity contribution is 5.59. The van der Waals surface area contributed by atoms with E-state index in [0.717, 1.165) is 17.9 Å². The summed E-state index contributed by atoms with van der Waals surface area (Å²) in [6.45, 7) is 7.03. The largest absolute Gasteiger partial charge is 0.431 e. The van der Waals surface area contributed by atoms with Crippen LogP contribution in [-0.2, 0) is 6.54 Å². The molecule has 1 heterocycles. The molecule has 0 spiro atoms. The lowest BCUT2D eigenvalue weighted by Gasteiger charge is -2.16. The van der Waals surface area contributed by atoms with Crippen molar-refractivity contribution in [2.45, 2.75) is 33.4 Å². The summed E-state index contributed by atoms with van der Waals surface area (Å²) in [5, 5.41) is 3.32. The molecule has 0 saturated carbocycles. The highest BCUT2D eigenvalue weighted by Crippen LogP contribution is 2.25. The first kappa shape index (κ1) is 13.6. The zero-order chi connectivity index (χ0) is 13.8. The molecule has 4 heteroatoms. The van der Waals surface area contributed by atoms with Gasteiger partial charge in [0.2, 0.25) is 0 Å². The second-order valence-electron chi connectivity index (χ2n) is 5.00. The first-order valence-electron chi connectivity index (χ1n) is 6.55. The zero-order valence-electron chi connectivity index (χ0n) is 12.0. The van der Waals surface area contributed by atoms with Crippen LogP contribution in [0.25, 0.3) is 0 Å². The number of nitrogens with zero attached hydrogens (tertiary/aromatic N) is 2. The predicted octanol–water partition coefficient (Wildman–Crippen LogP) is 3.25. The van der Waals surface area contributed by atoms with E-state index in [1.165, 1.54) is 5.56 Å². The molecule has 0 unspecified atom stereocenters. The van der Waals surface area contributed by atoms with Gasteiger partial charge in [-0.15, -0.1) is 0 Å². The minimum Gasteiger partial charge on any atom is -0.431 e. The van der Waals surface area contributed by atoms with Crippen molar-refractivity contribution in [2.75, 3.05) is 11.9 Å². The molecule has 1 aromatic carbocycles. The average Bonchev–Trinajstić information content (AvgIpc) is 2.85. The number of aryl methyl sites for hydroxylation is 1. The van der Waals surface area contributed by atoms with Gasteiger partial charge >= 0.3 is 6.01 Å². The van der Waals surface area contributed by atoms with Gasteiger partial charge in [0.1, 0.15) is 6.26 Å². The lowest BCUT2D eigenvalue weighted by atomic mass is 10.2. The van der Waals surface area contributed by atoms with Crippen molar-refractivity contribution in [1.29, 1.82) is 0 Å². The molecule has 2 rings (SSSR count). The number of benzene rings is 1. The van der Waals surface area contributed by atoms with E-state index in [9.17, 15) is 0 Å². The van der Waals surface area contributed by atoms with E-state index in [1.807, 2.05) is 24.1 Å². The van der Waals surface area contributed by atoms with E-state index in [4.69, 9.17) is 4.42 Å². The van der Waals surface area contributed by atoms with Gasteiger partial charge in [-0.05, 0) is 18.6 Å². The number of nitrogens with one attached hydrogen (secondary N) is 1. The summed E-state index contributed by atoms with van der Waals surface area (Å²) < 4.78 is 5.54. The summed E-state index contributed by atoms with van der Waals surface area (Å²) in [6, 6.07) is 9.24. The first-order chi connectivity index (χ1) is 9.08. The monoisotopic (exact) mass is 259 g/mol. The van der Waals surface area contributed by atoms with Crippen LogP contribution < -0.4 is 10.2 Å². The molecular formula is C15H21N3O. The first-order valence-corrected chi connectivity index (χ1v) is 6.55. The maximum Gasteiger partial charge on any atom is 0.301 e. The average molecular weight is 259 g/mol. The molecule has 1 N–H and O–H groups in total. The van der Waals surface area contributed by atoms with Gasteiger partial charge in [0.25, 0.3) is 0 Å². The van der Waals surface area contributed by atoms with E-state index >= 15 is 0 Å². The van der Waals surface area contributed by atoms with E-state index in [1.54, 1.807) is 6.26 Å². The maximum absolute atomic E-state index is 5.54. The van der Waals surface area contributed by atoms with Crippen molar-refractivity contribution in [3.05, 3.63) is 41.8 Å². The van der Waals surface area contributed by atoms with E-state index in [0.29, 0.717) is 12.1 Å². The summed E-state index contributed by atoms with van der Waals surface area (Å²) in [5.41, 5.74) is 3.22. The molecule has 0 atom stereocenters. The van der Waals surface area contributed by atoms with Crippen LogP contribution in [0.15, 0.2) is 34.9 Å². The minimum atomic E-state index is 0.439. The summed E-state index contributed by atoms with van der Waals surface area (Å²) in [5.74, 6) is 0. The Labute approximate surface area is 114 Å². The zero-order valence-corrected chi connectivity index (χ0v) is 12.0. The Hall–Kier alpha value is -1.81. The molecule has 0 bridgehead atoms. The fourth-order valence-corrected chi connectivity index (χ4v) is 1.88. The number of aromatic nitrogens is 1. The van der Waals surface area contributed by atoms with Gasteiger partial charge in [-0.2, -0.15) is 4.98 Å². The number of oxazole rings is 1. The van der Waals surface area contributed by atoms with E-state index in [2.05, 4.69) is 43.2 Å². The maximum atomic E-state index is 5.54. The molecule has 0 radical (unpaired) electrons. The molecule has 0 aliphatic rings. The van der Waals surface area contributed by atoms with Gasteiger partial charge in [-0.25, -0.2) is 0 Å². The highest BCUT2D eigenvalue weighted by atomic mass is 16.4. The number of anilines is 2. The minimum absolute atomic E-state index is 0.439. The second-order valence-corrected chi connectivity index (χ2v) is 5.00. The standard InChI is InChI=1S/C15H21N3O/c1-11(2)16-9-13-10-19-15(17-13)18(4)14-8-6-5-7-12(14)3/h5-8,10-11,16H,9H2,1-4H3. The Morgan fingerprint density at radius 2 is 2.05 bits per heavy atom. The van der Waals surface area contributed by atoms with Crippen molar-refractivity contribution in [2.24, 2.45) is 0 Å². The third-order valence-electron chi connectivity index (χ3n) is 2.99. The predicted molar refractivity (Wildman–Crippen MR) is 77.7 cm³/mol. The van der Waals surface area contributed by atoms with Crippen molar-refractivity contribution < 1.29 is 4.42 Å². The van der Waals surface area contributed by atoms with Gasteiger partial charge in [0, 0.05) is 25.3 Å². The van der Waals surface area contributed by atoms with Gasteiger partial charge in [0.05, 0.1) is 5.69 Å². The Morgan fingerprint density at radius 3 is 2.74 bits per heavy atom. The number of para-hydroxylation sites is 1. The van der Waals surface area contributed by atoms with Crippen LogP contribution in [0.2, 0.25) is 0 Å². The molecule has 102 valence electrons. The topological polar surface area (TPSA) is 41.3 Å². The molecular weight excluding hydrogens is 238 g/mol. The van der Waals surface area contributed by atoms with Crippen LogP contribution in [0.1, 0.15) is 25.1 Å². The third kappa shape index (κ3) is 3.35. The van der Waals surface area contributed by atoms with Crippen LogP contribution in [0.5, 0.6) is 0 Å². The molecule has 0 saturated heterocycles. The summed E-state index contributed by atoms with van der Waals surface area (Å²) in [4.78, 5) is 6.46. The SMILES string of the molecule is Cc1ccccc1N(C)c1nc(CNC(C)C)co1. The molecule has 0 fully saturated rings. The quantitative estimate of drug-likeness (QED) is 0.895. The molecule has 19 heavy (non-hydrogen) atoms. The lowest BCUT2D eigenvalue weighted by molar-refractivity contribution is 0.552. The smallest absolute Gasteiger partial charge is 0.301 e. The summed E-state index contributed by atoms with van der Waals surface area (Å²) >= 11 is 0. The number of hydrogen-bond donors (Lipinski definition) is 1. The molecule has 1 aromatic heterocycles. The van der Waals surface area contributed by atoms with Gasteiger partial charge in [-0.1, -0.05) is 32.0 Å². The molecule has 4 nitrogen and oxygen atoms in total. The van der Waals surface area contributed by atoms with Crippen LogP contribution in [0.4, 0.5) is 11.7 Å². The summed E-state index contributed by atoms with van der Waals surface area (Å²) in [6.07, 6.45) is 1.71. The highest BCUT2D eigenvalue weighted by Gasteiger charge is 2.12. The fourth-order valence-electron chi connectivity index (χ4n) is 1.88. The van der Waals surface area contributed by atoms with Gasteiger partial charge in [0.15, 0.2) is 0 Å². The number of rotatable bonds is 5. The van der Waals surface area contributed by atoms with Crippen LogP contribution in [0.3, 0.4) is 0 Å². The third-order valence-corrected chi connectivity index (χ3v) is 2.99. The van der Waals surface area contributed by atoms with Crippen LogP contribution in [-0.4, -0.2) is 18.1 Å². The number of hydrogen-bond acceptors (Lipinski definition) is 4. The van der Waals surface area contributed by atoms with Crippen molar-refractivity contribution in [3.8, 4) is 0 Å². The fraction of sp³-hybridized carbons (Fsp3) is 0.400. The van der Waals surface area contributed by atoms with E-state index in [-0.39, 0.29) is 0 Å². The second kappa shape index (κ2) is 5.89. The molecule has 0 amide bonds. The van der Waals surface area contributed by atoms with E-state index < -0.39 is 0 Å². The van der Waals surface area contributed by atoms with Crippen molar-refractivity contribution >= 4 is 11.7 Å². The Balaban J connectivity index is 2.12. The van der Waals surface area contributed by atoms with Gasteiger partial charge < -0.3 is 9.73 Å². The lowest BCUT2D eigenvalue weighted by Crippen LogP contribution is -2.22. The van der Waals surface area contributed by atoms with Crippen LogP contribution >= 0.6 is 0 Å². The molecule has 0 aliphatic heterocycles. The van der Waals surface area contributed by atoms with Crippen LogP contribution in [0, 0.1) is 6.92 Å². The van der Waals surface area contributed by atoms with Gasteiger partial charge in [-0.3, -0.25) is 4.90 Å². The Kier molecular flexibility index (Phi) is 4.22. The normalized spacial score (nSPS) is 11.0. The molecule has 0 aliphatic carbocycles.